The van der Waals surface area contributed by atoms with E-state index in [1.54, 1.807) is 12.4 Å². The summed E-state index contributed by atoms with van der Waals surface area (Å²) in [6, 6.07) is 7.21. The second-order valence-electron chi connectivity index (χ2n) is 6.60. The summed E-state index contributed by atoms with van der Waals surface area (Å²) in [7, 11) is 0. The Hall–Kier alpha value is -1.86. The fraction of sp³-hybridized carbons (Fsp3) is 0.389. The van der Waals surface area contributed by atoms with Crippen LogP contribution in [0.3, 0.4) is 0 Å². The lowest BCUT2D eigenvalue weighted by Crippen LogP contribution is -2.35. The number of aryl methyl sites for hydroxylation is 1. The Bertz CT molecular complexity index is 910. The van der Waals surface area contributed by atoms with Gasteiger partial charge in [0.25, 0.3) is 5.78 Å². The van der Waals surface area contributed by atoms with Gasteiger partial charge in [0, 0.05) is 34.7 Å². The molecule has 4 rings (SSSR count). The van der Waals surface area contributed by atoms with E-state index < -0.39 is 0 Å². The summed E-state index contributed by atoms with van der Waals surface area (Å²) >= 11 is 3.43. The van der Waals surface area contributed by atoms with Crippen molar-refractivity contribution >= 4 is 21.7 Å². The minimum atomic E-state index is -0.149. The predicted molar refractivity (Wildman–Crippen MR) is 96.9 cm³/mol. The molecule has 1 saturated heterocycles. The molecular formula is C18H19BrFN5. The fourth-order valence-electron chi connectivity index (χ4n) is 3.60. The Balaban J connectivity index is 1.58. The van der Waals surface area contributed by atoms with Crippen LogP contribution < -0.4 is 0 Å². The van der Waals surface area contributed by atoms with Crippen molar-refractivity contribution in [3.8, 4) is 0 Å². The van der Waals surface area contributed by atoms with Gasteiger partial charge in [0.1, 0.15) is 12.1 Å². The van der Waals surface area contributed by atoms with Gasteiger partial charge in [-0.05, 0) is 50.6 Å². The third-order valence-electron chi connectivity index (χ3n) is 4.73. The van der Waals surface area contributed by atoms with E-state index in [1.807, 2.05) is 17.5 Å². The third-order valence-corrected chi connectivity index (χ3v) is 5.23. The van der Waals surface area contributed by atoms with Gasteiger partial charge in [0.05, 0.1) is 5.69 Å². The fourth-order valence-corrected chi connectivity index (χ4v) is 4.00. The Morgan fingerprint density at radius 2 is 2.20 bits per heavy atom. The van der Waals surface area contributed by atoms with Crippen molar-refractivity contribution in [1.82, 2.24) is 24.5 Å². The van der Waals surface area contributed by atoms with Crippen molar-refractivity contribution in [2.45, 2.75) is 32.2 Å². The Labute approximate surface area is 154 Å². The van der Waals surface area contributed by atoms with E-state index in [-0.39, 0.29) is 5.82 Å². The SMILES string of the molecule is Cc1cc(C2CCCN(Cc3cc(Br)ccc3F)C2)n2ncnc2n1. The molecular weight excluding hydrogens is 385 g/mol. The summed E-state index contributed by atoms with van der Waals surface area (Å²) in [6.07, 6.45) is 3.72. The highest BCUT2D eigenvalue weighted by molar-refractivity contribution is 9.10. The number of benzene rings is 1. The first-order valence-electron chi connectivity index (χ1n) is 8.44. The molecule has 0 N–H and O–H groups in total. The zero-order valence-corrected chi connectivity index (χ0v) is 15.6. The quantitative estimate of drug-likeness (QED) is 0.668. The summed E-state index contributed by atoms with van der Waals surface area (Å²) in [4.78, 5) is 11.0. The molecule has 1 unspecified atom stereocenters. The normalized spacial score (nSPS) is 18.8. The van der Waals surface area contributed by atoms with Gasteiger partial charge in [-0.15, -0.1) is 0 Å². The molecule has 0 spiro atoms. The number of hydrogen-bond donors (Lipinski definition) is 0. The van der Waals surface area contributed by atoms with Crippen molar-refractivity contribution < 1.29 is 4.39 Å². The van der Waals surface area contributed by atoms with Crippen LogP contribution in [0.1, 0.15) is 35.7 Å². The molecule has 1 fully saturated rings. The minimum absolute atomic E-state index is 0.149. The van der Waals surface area contributed by atoms with E-state index >= 15 is 0 Å². The summed E-state index contributed by atoms with van der Waals surface area (Å²) in [5.74, 6) is 0.837. The molecule has 7 heteroatoms. The maximum absolute atomic E-state index is 14.1. The Morgan fingerprint density at radius 3 is 3.08 bits per heavy atom. The molecule has 130 valence electrons. The van der Waals surface area contributed by atoms with Crippen molar-refractivity contribution in [3.05, 3.63) is 57.8 Å². The highest BCUT2D eigenvalue weighted by Gasteiger charge is 2.25. The number of hydrogen-bond acceptors (Lipinski definition) is 4. The van der Waals surface area contributed by atoms with Crippen LogP contribution >= 0.6 is 15.9 Å². The van der Waals surface area contributed by atoms with Gasteiger partial charge < -0.3 is 0 Å². The second kappa shape index (κ2) is 6.80. The zero-order chi connectivity index (χ0) is 17.4. The van der Waals surface area contributed by atoms with Crippen molar-refractivity contribution in [2.75, 3.05) is 13.1 Å². The minimum Gasteiger partial charge on any atom is -0.298 e. The van der Waals surface area contributed by atoms with E-state index in [0.717, 1.165) is 47.4 Å². The monoisotopic (exact) mass is 403 g/mol. The molecule has 3 heterocycles. The van der Waals surface area contributed by atoms with Gasteiger partial charge in [0.15, 0.2) is 0 Å². The molecule has 0 radical (unpaired) electrons. The van der Waals surface area contributed by atoms with Gasteiger partial charge in [-0.1, -0.05) is 15.9 Å². The van der Waals surface area contributed by atoms with Crippen LogP contribution in [0.5, 0.6) is 0 Å². The molecule has 25 heavy (non-hydrogen) atoms. The first-order chi connectivity index (χ1) is 12.1. The Kier molecular flexibility index (Phi) is 4.52. The first kappa shape index (κ1) is 16.6. The summed E-state index contributed by atoms with van der Waals surface area (Å²) in [5.41, 5.74) is 2.82. The van der Waals surface area contributed by atoms with E-state index in [1.165, 1.54) is 6.07 Å². The van der Waals surface area contributed by atoms with Crippen molar-refractivity contribution in [2.24, 2.45) is 0 Å². The van der Waals surface area contributed by atoms with Crippen LogP contribution in [-0.2, 0) is 6.54 Å². The number of piperidine rings is 1. The van der Waals surface area contributed by atoms with E-state index in [0.29, 0.717) is 18.2 Å². The van der Waals surface area contributed by atoms with Crippen molar-refractivity contribution in [1.29, 1.82) is 0 Å². The Morgan fingerprint density at radius 1 is 1.32 bits per heavy atom. The largest absolute Gasteiger partial charge is 0.298 e. The van der Waals surface area contributed by atoms with Gasteiger partial charge in [-0.2, -0.15) is 10.1 Å². The number of halogens is 2. The molecule has 0 saturated carbocycles. The van der Waals surface area contributed by atoms with Gasteiger partial charge >= 0.3 is 0 Å². The molecule has 0 amide bonds. The number of rotatable bonds is 3. The van der Waals surface area contributed by atoms with Crippen molar-refractivity contribution in [3.63, 3.8) is 0 Å². The first-order valence-corrected chi connectivity index (χ1v) is 9.23. The highest BCUT2D eigenvalue weighted by atomic mass is 79.9. The van der Waals surface area contributed by atoms with E-state index in [2.05, 4.69) is 42.0 Å². The second-order valence-corrected chi connectivity index (χ2v) is 7.52. The van der Waals surface area contributed by atoms with E-state index in [9.17, 15) is 4.39 Å². The summed E-state index contributed by atoms with van der Waals surface area (Å²) in [6.45, 7) is 4.46. The summed E-state index contributed by atoms with van der Waals surface area (Å²) < 4.78 is 16.8. The zero-order valence-electron chi connectivity index (χ0n) is 14.0. The average Bonchev–Trinajstić information content (AvgIpc) is 3.06. The van der Waals surface area contributed by atoms with Crippen LogP contribution in [0.4, 0.5) is 4.39 Å². The molecule has 1 aliphatic heterocycles. The number of fused-ring (bicyclic) bond motifs is 1. The lowest BCUT2D eigenvalue weighted by atomic mass is 9.93. The molecule has 0 bridgehead atoms. The average molecular weight is 404 g/mol. The smallest absolute Gasteiger partial charge is 0.252 e. The van der Waals surface area contributed by atoms with Crippen LogP contribution in [0, 0.1) is 12.7 Å². The molecule has 2 aromatic heterocycles. The van der Waals surface area contributed by atoms with Crippen LogP contribution in [-0.4, -0.2) is 37.6 Å². The topological polar surface area (TPSA) is 46.3 Å². The summed E-state index contributed by atoms with van der Waals surface area (Å²) in [5, 5.41) is 4.33. The number of aromatic nitrogens is 4. The number of likely N-dealkylation sites (tertiary alicyclic amines) is 1. The maximum Gasteiger partial charge on any atom is 0.252 e. The molecule has 5 nitrogen and oxygen atoms in total. The maximum atomic E-state index is 14.1. The number of nitrogens with zero attached hydrogens (tertiary/aromatic N) is 5. The molecule has 1 aromatic carbocycles. The van der Waals surface area contributed by atoms with Crippen LogP contribution in [0.2, 0.25) is 0 Å². The molecule has 1 atom stereocenters. The van der Waals surface area contributed by atoms with Crippen LogP contribution in [0.25, 0.3) is 5.78 Å². The molecule has 1 aliphatic rings. The van der Waals surface area contributed by atoms with Gasteiger partial charge in [-0.25, -0.2) is 13.9 Å². The van der Waals surface area contributed by atoms with Crippen LogP contribution in [0.15, 0.2) is 35.1 Å². The van der Waals surface area contributed by atoms with Gasteiger partial charge in [-0.3, -0.25) is 4.90 Å². The van der Waals surface area contributed by atoms with E-state index in [4.69, 9.17) is 0 Å². The molecule has 0 aliphatic carbocycles. The standard InChI is InChI=1S/C18H19BrFN5/c1-12-7-17(25-18(23-12)21-11-22-25)13-3-2-6-24(9-13)10-14-8-15(19)4-5-16(14)20/h4-5,7-8,11,13H,2-3,6,9-10H2,1H3. The lowest BCUT2D eigenvalue weighted by Gasteiger charge is -2.33. The van der Waals surface area contributed by atoms with Gasteiger partial charge in [0.2, 0.25) is 0 Å². The highest BCUT2D eigenvalue weighted by Crippen LogP contribution is 2.28. The lowest BCUT2D eigenvalue weighted by molar-refractivity contribution is 0.195. The molecule has 3 aromatic rings. The third kappa shape index (κ3) is 3.43. The predicted octanol–water partition coefficient (Wildman–Crippen LogP) is 3.71.